The zero-order valence-electron chi connectivity index (χ0n) is 25.2. The lowest BCUT2D eigenvalue weighted by atomic mass is 9.99. The molecule has 1 aromatic heterocycles. The predicted octanol–water partition coefficient (Wildman–Crippen LogP) is 4.89. The van der Waals surface area contributed by atoms with Crippen LogP contribution in [-0.4, -0.2) is 75.5 Å². The van der Waals surface area contributed by atoms with E-state index in [1.54, 1.807) is 38.0 Å². The Bertz CT molecular complexity index is 1590. The number of aromatic nitrogens is 2. The first-order valence-electron chi connectivity index (χ1n) is 14.2. The highest BCUT2D eigenvalue weighted by atomic mass is 32.2. The number of hydrogen-bond acceptors (Lipinski definition) is 8. The van der Waals surface area contributed by atoms with E-state index in [-0.39, 0.29) is 29.4 Å². The number of anilines is 1. The van der Waals surface area contributed by atoms with E-state index < -0.39 is 0 Å². The number of amides is 2. The molecule has 2 heterocycles. The summed E-state index contributed by atoms with van der Waals surface area (Å²) >= 11 is 1.49. The molecule has 0 saturated heterocycles. The normalized spacial score (nSPS) is 14.5. The fourth-order valence-electron chi connectivity index (χ4n) is 5.15. The Morgan fingerprint density at radius 1 is 0.955 bits per heavy atom. The average molecular weight is 617 g/mol. The first-order chi connectivity index (χ1) is 21.5. The molecule has 5 rings (SSSR count). The number of nitrogens with one attached hydrogen (secondary N) is 1. The fourth-order valence-corrected chi connectivity index (χ4v) is 6.34. The van der Waals surface area contributed by atoms with Gasteiger partial charge in [-0.3, -0.25) is 14.5 Å². The number of carbonyl (C=O) groups excluding carboxylic acids is 2. The summed E-state index contributed by atoms with van der Waals surface area (Å²) in [7, 11) is 6.43. The molecule has 1 atom stereocenters. The van der Waals surface area contributed by atoms with Crippen LogP contribution in [0.4, 0.5) is 5.82 Å². The zero-order valence-corrected chi connectivity index (χ0v) is 26.1. The number of carbonyl (C=O) groups is 2. The molecule has 11 heteroatoms. The standard InChI is InChI=1S/C33H36N4O6S/c1-40-18-8-17-34-28(38)20-36-29(39)21-44-32(23-11-16-26(42-3)27(19-23)43-4)30-31(22-9-6-5-7-10-22)35-37(33(30)36)24-12-14-25(41-2)15-13-24/h5-7,9-16,19,32H,8,17-18,20-21H2,1-4H3,(H,34,38)/t32-/m1/s1. The van der Waals surface area contributed by atoms with Crippen LogP contribution in [0.1, 0.15) is 22.8 Å². The van der Waals surface area contributed by atoms with Crippen LogP contribution in [0.25, 0.3) is 16.9 Å². The number of ether oxygens (including phenoxy) is 4. The molecule has 44 heavy (non-hydrogen) atoms. The Hall–Kier alpha value is -4.48. The summed E-state index contributed by atoms with van der Waals surface area (Å²) in [6.07, 6.45) is 0.667. The third kappa shape index (κ3) is 6.53. The lowest BCUT2D eigenvalue weighted by Crippen LogP contribution is -2.42. The van der Waals surface area contributed by atoms with Gasteiger partial charge >= 0.3 is 0 Å². The fraction of sp³-hybridized carbons (Fsp3) is 0.303. The van der Waals surface area contributed by atoms with Gasteiger partial charge in [-0.2, -0.15) is 5.10 Å². The summed E-state index contributed by atoms with van der Waals surface area (Å²) in [5, 5.41) is 7.73. The van der Waals surface area contributed by atoms with Crippen LogP contribution >= 0.6 is 11.8 Å². The van der Waals surface area contributed by atoms with Crippen molar-refractivity contribution in [1.82, 2.24) is 15.1 Å². The largest absolute Gasteiger partial charge is 0.497 e. The van der Waals surface area contributed by atoms with Gasteiger partial charge in [-0.05, 0) is 48.4 Å². The summed E-state index contributed by atoms with van der Waals surface area (Å²) in [4.78, 5) is 28.7. The van der Waals surface area contributed by atoms with Crippen molar-refractivity contribution >= 4 is 29.4 Å². The van der Waals surface area contributed by atoms with Crippen molar-refractivity contribution in [2.45, 2.75) is 11.7 Å². The predicted molar refractivity (Wildman–Crippen MR) is 171 cm³/mol. The maximum Gasteiger partial charge on any atom is 0.240 e. The lowest BCUT2D eigenvalue weighted by Gasteiger charge is -2.23. The first-order valence-corrected chi connectivity index (χ1v) is 15.3. The Labute approximate surface area is 261 Å². The lowest BCUT2D eigenvalue weighted by molar-refractivity contribution is -0.122. The molecule has 1 N–H and O–H groups in total. The molecule has 0 fully saturated rings. The Kier molecular flexibility index (Phi) is 10.1. The van der Waals surface area contributed by atoms with E-state index in [9.17, 15) is 9.59 Å². The Morgan fingerprint density at radius 3 is 2.39 bits per heavy atom. The molecule has 3 aromatic carbocycles. The van der Waals surface area contributed by atoms with Crippen LogP contribution in [0.5, 0.6) is 17.2 Å². The van der Waals surface area contributed by atoms with Gasteiger partial charge in [0.2, 0.25) is 11.8 Å². The minimum atomic E-state index is -0.314. The molecule has 0 saturated carbocycles. The molecule has 0 spiro atoms. The van der Waals surface area contributed by atoms with Gasteiger partial charge in [-0.15, -0.1) is 11.8 Å². The van der Waals surface area contributed by atoms with E-state index in [0.717, 1.165) is 22.4 Å². The van der Waals surface area contributed by atoms with Crippen LogP contribution < -0.4 is 24.4 Å². The van der Waals surface area contributed by atoms with Gasteiger partial charge in [-0.25, -0.2) is 4.68 Å². The van der Waals surface area contributed by atoms with Gasteiger partial charge in [0.1, 0.15) is 18.1 Å². The maximum absolute atomic E-state index is 13.9. The van der Waals surface area contributed by atoms with Crippen molar-refractivity contribution in [1.29, 1.82) is 0 Å². The summed E-state index contributed by atoms with van der Waals surface area (Å²) in [5.74, 6) is 2.11. The quantitative estimate of drug-likeness (QED) is 0.225. The van der Waals surface area contributed by atoms with E-state index in [2.05, 4.69) is 5.32 Å². The van der Waals surface area contributed by atoms with Crippen molar-refractivity contribution in [2.24, 2.45) is 0 Å². The van der Waals surface area contributed by atoms with Crippen LogP contribution in [0.3, 0.4) is 0 Å². The van der Waals surface area contributed by atoms with Gasteiger partial charge in [0.25, 0.3) is 0 Å². The Balaban J connectivity index is 1.72. The number of rotatable bonds is 12. The molecular formula is C33H36N4O6S. The number of hydrogen-bond donors (Lipinski definition) is 1. The van der Waals surface area contributed by atoms with Crippen molar-refractivity contribution in [2.75, 3.05) is 58.8 Å². The molecule has 230 valence electrons. The molecule has 1 aliphatic heterocycles. The molecule has 10 nitrogen and oxygen atoms in total. The summed E-state index contributed by atoms with van der Waals surface area (Å²) in [5.41, 5.74) is 4.06. The first kappa shape index (κ1) is 31.0. The van der Waals surface area contributed by atoms with E-state index in [1.807, 2.05) is 72.8 Å². The molecular weight excluding hydrogens is 580 g/mol. The van der Waals surface area contributed by atoms with Crippen molar-refractivity contribution in [3.63, 3.8) is 0 Å². The minimum absolute atomic E-state index is 0.154. The summed E-state index contributed by atoms with van der Waals surface area (Å²) < 4.78 is 23.4. The van der Waals surface area contributed by atoms with Crippen LogP contribution in [-0.2, 0) is 14.3 Å². The molecule has 0 unspecified atom stereocenters. The van der Waals surface area contributed by atoms with Crippen molar-refractivity contribution in [3.8, 4) is 34.2 Å². The summed E-state index contributed by atoms with van der Waals surface area (Å²) in [6.45, 7) is 0.813. The highest BCUT2D eigenvalue weighted by molar-refractivity contribution is 8.00. The molecule has 0 radical (unpaired) electrons. The SMILES string of the molecule is COCCCNC(=O)CN1C(=O)CS[C@H](c2ccc(OC)c(OC)c2)c2c(-c3ccccc3)nn(-c3ccc(OC)cc3)c21. The number of benzene rings is 3. The van der Waals surface area contributed by atoms with Crippen molar-refractivity contribution < 1.29 is 28.5 Å². The van der Waals surface area contributed by atoms with Crippen LogP contribution in [0, 0.1) is 0 Å². The van der Waals surface area contributed by atoms with E-state index >= 15 is 0 Å². The molecule has 0 bridgehead atoms. The second-order valence-electron chi connectivity index (χ2n) is 10.0. The Morgan fingerprint density at radius 2 is 1.70 bits per heavy atom. The van der Waals surface area contributed by atoms with Crippen LogP contribution in [0.15, 0.2) is 72.8 Å². The van der Waals surface area contributed by atoms with E-state index in [1.165, 1.54) is 11.8 Å². The smallest absolute Gasteiger partial charge is 0.240 e. The third-order valence-corrected chi connectivity index (χ3v) is 8.57. The van der Waals surface area contributed by atoms with Gasteiger partial charge in [0.05, 0.1) is 43.7 Å². The average Bonchev–Trinajstić information content (AvgIpc) is 3.39. The number of nitrogens with zero attached hydrogens (tertiary/aromatic N) is 3. The topological polar surface area (TPSA) is 104 Å². The highest BCUT2D eigenvalue weighted by Gasteiger charge is 2.38. The molecule has 0 aliphatic carbocycles. The second-order valence-corrected chi connectivity index (χ2v) is 11.1. The van der Waals surface area contributed by atoms with Gasteiger partial charge in [0.15, 0.2) is 11.5 Å². The molecule has 2 amide bonds. The zero-order chi connectivity index (χ0) is 31.1. The summed E-state index contributed by atoms with van der Waals surface area (Å²) in [6, 6.07) is 23.1. The number of thioether (sulfide) groups is 1. The number of methoxy groups -OCH3 is 4. The van der Waals surface area contributed by atoms with E-state index in [4.69, 9.17) is 24.0 Å². The third-order valence-electron chi connectivity index (χ3n) is 7.31. The second kappa shape index (κ2) is 14.3. The highest BCUT2D eigenvalue weighted by Crippen LogP contribution is 2.49. The maximum atomic E-state index is 13.9. The monoisotopic (exact) mass is 616 g/mol. The van der Waals surface area contributed by atoms with Gasteiger partial charge in [0, 0.05) is 31.4 Å². The van der Waals surface area contributed by atoms with Gasteiger partial charge < -0.3 is 24.3 Å². The van der Waals surface area contributed by atoms with Crippen LogP contribution in [0.2, 0.25) is 0 Å². The van der Waals surface area contributed by atoms with E-state index in [0.29, 0.717) is 48.3 Å². The molecule has 1 aliphatic rings. The van der Waals surface area contributed by atoms with Crippen molar-refractivity contribution in [3.05, 3.63) is 83.9 Å². The minimum Gasteiger partial charge on any atom is -0.497 e. The molecule has 4 aromatic rings. The number of fused-ring (bicyclic) bond motifs is 1. The van der Waals surface area contributed by atoms with Gasteiger partial charge in [-0.1, -0.05) is 36.4 Å².